The van der Waals surface area contributed by atoms with Crippen LogP contribution in [0.25, 0.3) is 0 Å². The van der Waals surface area contributed by atoms with Crippen LogP contribution in [-0.4, -0.2) is 56.2 Å². The molecule has 1 fully saturated rings. The maximum atomic E-state index is 13.9. The molecule has 3 rings (SSSR count). The number of nitrogens with zero attached hydrogens (tertiary/aromatic N) is 1. The summed E-state index contributed by atoms with van der Waals surface area (Å²) < 4.78 is 49.0. The lowest BCUT2D eigenvalue weighted by molar-refractivity contribution is -0.150. The van der Waals surface area contributed by atoms with Crippen LogP contribution >= 0.6 is 0 Å². The second-order valence-corrected chi connectivity index (χ2v) is 10.4. The zero-order valence-electron chi connectivity index (χ0n) is 18.2. The van der Waals surface area contributed by atoms with Crippen LogP contribution in [0.15, 0.2) is 53.4 Å². The first-order valence-corrected chi connectivity index (χ1v) is 11.8. The third-order valence-corrected chi connectivity index (χ3v) is 7.58. The fourth-order valence-electron chi connectivity index (χ4n) is 3.58. The molecular weight excluding hydrogens is 437 g/mol. The average molecular weight is 464 g/mol. The highest BCUT2D eigenvalue weighted by atomic mass is 32.2. The van der Waals surface area contributed by atoms with E-state index in [2.05, 4.69) is 0 Å². The summed E-state index contributed by atoms with van der Waals surface area (Å²) in [7, 11) is -2.17. The third-order valence-electron chi connectivity index (χ3n) is 5.41. The predicted octanol–water partition coefficient (Wildman–Crippen LogP) is 2.77. The molecule has 1 aliphatic rings. The molecule has 0 radical (unpaired) electrons. The van der Waals surface area contributed by atoms with Gasteiger partial charge in [0.05, 0.1) is 30.2 Å². The summed E-state index contributed by atoms with van der Waals surface area (Å²) in [4.78, 5) is 26.8. The van der Waals surface area contributed by atoms with E-state index in [-0.39, 0.29) is 35.9 Å². The number of likely N-dealkylation sites (tertiary alicyclic amines) is 1. The third kappa shape index (κ3) is 5.09. The summed E-state index contributed by atoms with van der Waals surface area (Å²) in [6.07, 6.45) is -0.418. The quantitative estimate of drug-likeness (QED) is 0.587. The highest BCUT2D eigenvalue weighted by Crippen LogP contribution is 2.26. The molecule has 0 saturated carbocycles. The van der Waals surface area contributed by atoms with Crippen LogP contribution in [0.4, 0.5) is 4.39 Å². The van der Waals surface area contributed by atoms with Gasteiger partial charge in [-0.15, -0.1) is 0 Å². The van der Waals surface area contributed by atoms with Gasteiger partial charge in [0, 0.05) is 6.42 Å². The van der Waals surface area contributed by atoms with Crippen molar-refractivity contribution in [1.29, 1.82) is 0 Å². The number of hydrogen-bond donors (Lipinski definition) is 0. The summed E-state index contributed by atoms with van der Waals surface area (Å²) in [6, 6.07) is 11.2. The molecule has 32 heavy (non-hydrogen) atoms. The first-order chi connectivity index (χ1) is 15.1. The van der Waals surface area contributed by atoms with E-state index >= 15 is 0 Å². The molecule has 0 spiro atoms. The summed E-state index contributed by atoms with van der Waals surface area (Å²) in [5, 5.41) is -0.549. The number of para-hydroxylation sites is 1. The lowest BCUT2D eigenvalue weighted by Crippen LogP contribution is -2.42. The van der Waals surface area contributed by atoms with Crippen molar-refractivity contribution in [1.82, 2.24) is 4.90 Å². The van der Waals surface area contributed by atoms with E-state index in [1.807, 2.05) is 0 Å². The number of rotatable bonds is 7. The Balaban J connectivity index is 1.73. The van der Waals surface area contributed by atoms with Crippen LogP contribution in [-0.2, 0) is 30.6 Å². The number of carbonyl (C=O) groups excluding carboxylic acids is 2. The summed E-state index contributed by atoms with van der Waals surface area (Å²) in [5.41, 5.74) is 0.611. The molecule has 2 aromatic carbocycles. The van der Waals surface area contributed by atoms with Gasteiger partial charge in [-0.3, -0.25) is 4.79 Å². The first-order valence-electron chi connectivity index (χ1n) is 10.2. The largest absolute Gasteiger partial charge is 0.485 e. The van der Waals surface area contributed by atoms with Gasteiger partial charge in [0.15, 0.2) is 21.4 Å². The molecule has 9 heteroatoms. The van der Waals surface area contributed by atoms with E-state index in [4.69, 9.17) is 9.47 Å². The molecule has 7 nitrogen and oxygen atoms in total. The van der Waals surface area contributed by atoms with Crippen molar-refractivity contribution in [3.8, 4) is 5.75 Å². The van der Waals surface area contributed by atoms with Crippen molar-refractivity contribution in [2.75, 3.05) is 13.7 Å². The number of hydrogen-bond acceptors (Lipinski definition) is 6. The summed E-state index contributed by atoms with van der Waals surface area (Å²) in [5.74, 6) is -1.38. The lowest BCUT2D eigenvalue weighted by Gasteiger charge is -2.22. The maximum Gasteiger partial charge on any atom is 0.328 e. The Bertz CT molecular complexity index is 1080. The number of methoxy groups -OCH3 is 1. The number of benzene rings is 2. The van der Waals surface area contributed by atoms with Gasteiger partial charge in [-0.2, -0.15) is 0 Å². The van der Waals surface area contributed by atoms with Crippen molar-refractivity contribution >= 4 is 21.7 Å². The number of sulfone groups is 1. The Morgan fingerprint density at radius 1 is 1.12 bits per heavy atom. The molecule has 172 valence electrons. The molecule has 2 atom stereocenters. The SMILES string of the molecule is COC(=O)C1CC(Oc2ccccc2F)CN1C(=O)Cc1ccc(S(=O)(=O)C(C)C)cc1. The van der Waals surface area contributed by atoms with Crippen molar-refractivity contribution < 1.29 is 31.9 Å². The maximum absolute atomic E-state index is 13.9. The lowest BCUT2D eigenvalue weighted by atomic mass is 10.1. The zero-order chi connectivity index (χ0) is 23.5. The van der Waals surface area contributed by atoms with Crippen LogP contribution in [0.2, 0.25) is 0 Å². The van der Waals surface area contributed by atoms with Gasteiger partial charge in [0.1, 0.15) is 12.1 Å². The Morgan fingerprint density at radius 2 is 1.78 bits per heavy atom. The number of ether oxygens (including phenoxy) is 2. The van der Waals surface area contributed by atoms with Crippen molar-refractivity contribution in [2.45, 2.75) is 49.0 Å². The van der Waals surface area contributed by atoms with E-state index in [1.54, 1.807) is 38.1 Å². The van der Waals surface area contributed by atoms with Crippen molar-refractivity contribution in [3.63, 3.8) is 0 Å². The zero-order valence-corrected chi connectivity index (χ0v) is 19.0. The predicted molar refractivity (Wildman–Crippen MR) is 115 cm³/mol. The van der Waals surface area contributed by atoms with Crippen LogP contribution in [0.1, 0.15) is 25.8 Å². The van der Waals surface area contributed by atoms with Gasteiger partial charge in [0.2, 0.25) is 5.91 Å². The molecule has 1 heterocycles. The van der Waals surface area contributed by atoms with Crippen molar-refractivity contribution in [3.05, 3.63) is 59.9 Å². The normalized spacial score (nSPS) is 18.6. The molecule has 1 saturated heterocycles. The Kier molecular flexibility index (Phi) is 7.18. The fraction of sp³-hybridized carbons (Fsp3) is 0.391. The number of amides is 1. The summed E-state index contributed by atoms with van der Waals surface area (Å²) >= 11 is 0. The van der Waals surface area contributed by atoms with Crippen LogP contribution < -0.4 is 4.74 Å². The molecule has 2 aromatic rings. The number of halogens is 1. The smallest absolute Gasteiger partial charge is 0.328 e. The molecular formula is C23H26FNO6S. The van der Waals surface area contributed by atoms with Gasteiger partial charge < -0.3 is 14.4 Å². The topological polar surface area (TPSA) is 90.0 Å². The van der Waals surface area contributed by atoms with Crippen LogP contribution in [0, 0.1) is 5.82 Å². The highest BCUT2D eigenvalue weighted by Gasteiger charge is 2.41. The highest BCUT2D eigenvalue weighted by molar-refractivity contribution is 7.92. The van der Waals surface area contributed by atoms with Crippen LogP contribution in [0.3, 0.4) is 0 Å². The van der Waals surface area contributed by atoms with Gasteiger partial charge in [-0.25, -0.2) is 17.6 Å². The second-order valence-electron chi connectivity index (χ2n) is 7.91. The Hall–Kier alpha value is -2.94. The fourth-order valence-corrected chi connectivity index (χ4v) is 4.64. The van der Waals surface area contributed by atoms with Gasteiger partial charge in [0.25, 0.3) is 0 Å². The molecule has 1 aliphatic heterocycles. The van der Waals surface area contributed by atoms with E-state index in [1.165, 1.54) is 36.3 Å². The first kappa shape index (κ1) is 23.7. The van der Waals surface area contributed by atoms with E-state index < -0.39 is 39.0 Å². The molecule has 1 amide bonds. The minimum atomic E-state index is -3.41. The summed E-state index contributed by atoms with van der Waals surface area (Å²) in [6.45, 7) is 3.31. The average Bonchev–Trinajstić information content (AvgIpc) is 3.19. The monoisotopic (exact) mass is 463 g/mol. The second kappa shape index (κ2) is 9.68. The van der Waals surface area contributed by atoms with E-state index in [9.17, 15) is 22.4 Å². The Labute approximate surface area is 187 Å². The number of esters is 1. The molecule has 0 N–H and O–H groups in total. The molecule has 0 bridgehead atoms. The minimum Gasteiger partial charge on any atom is -0.485 e. The van der Waals surface area contributed by atoms with Crippen molar-refractivity contribution in [2.24, 2.45) is 0 Å². The molecule has 0 aliphatic carbocycles. The van der Waals surface area contributed by atoms with Gasteiger partial charge >= 0.3 is 5.97 Å². The molecule has 0 aromatic heterocycles. The van der Waals surface area contributed by atoms with E-state index in [0.29, 0.717) is 5.56 Å². The number of carbonyl (C=O) groups is 2. The minimum absolute atomic E-state index is 0.0259. The van der Waals surface area contributed by atoms with Gasteiger partial charge in [-0.1, -0.05) is 24.3 Å². The van der Waals surface area contributed by atoms with Crippen LogP contribution in [0.5, 0.6) is 5.75 Å². The molecule has 2 unspecified atom stereocenters. The van der Waals surface area contributed by atoms with Gasteiger partial charge in [-0.05, 0) is 43.7 Å². The van der Waals surface area contributed by atoms with E-state index in [0.717, 1.165) is 0 Å². The Morgan fingerprint density at radius 3 is 2.38 bits per heavy atom. The standard InChI is InChI=1S/C23H26FNO6S/c1-15(2)32(28,29)18-10-8-16(9-11-18)12-22(26)25-14-17(13-20(25)23(27)30-3)31-21-7-5-4-6-19(21)24/h4-11,15,17,20H,12-14H2,1-3H3.